The number of hydrogen-bond donors (Lipinski definition) is 1. The molecule has 0 aliphatic carbocycles. The maximum absolute atomic E-state index is 12.7. The molecule has 2 N–H and O–H groups in total. The van der Waals surface area contributed by atoms with Gasteiger partial charge in [-0.3, -0.25) is 4.79 Å². The third-order valence-corrected chi connectivity index (χ3v) is 2.22. The summed E-state index contributed by atoms with van der Waals surface area (Å²) in [6.45, 7) is 1.53. The molecule has 1 aromatic rings. The molecular formula is C9H9BrFNO2. The maximum Gasteiger partial charge on any atom is 0.258 e. The number of carbonyl (C=O) groups excluding carboxylic acids is 1. The number of amides is 1. The van der Waals surface area contributed by atoms with Crippen molar-refractivity contribution in [3.05, 3.63) is 28.5 Å². The number of carbonyl (C=O) groups is 1. The van der Waals surface area contributed by atoms with Gasteiger partial charge in [0.05, 0.1) is 4.47 Å². The molecule has 0 spiro atoms. The molecule has 1 rings (SSSR count). The Balaban J connectivity index is 2.82. The summed E-state index contributed by atoms with van der Waals surface area (Å²) in [5.74, 6) is -0.560. The van der Waals surface area contributed by atoms with Gasteiger partial charge in [-0.25, -0.2) is 4.39 Å². The lowest BCUT2D eigenvalue weighted by atomic mass is 10.3. The first-order chi connectivity index (χ1) is 6.50. The van der Waals surface area contributed by atoms with Crippen LogP contribution in [-0.2, 0) is 4.79 Å². The molecule has 0 aliphatic heterocycles. The second kappa shape index (κ2) is 4.41. The topological polar surface area (TPSA) is 52.3 Å². The number of rotatable bonds is 3. The summed E-state index contributed by atoms with van der Waals surface area (Å²) in [4.78, 5) is 10.7. The molecule has 0 aliphatic rings. The monoisotopic (exact) mass is 261 g/mol. The van der Waals surface area contributed by atoms with Gasteiger partial charge in [0.25, 0.3) is 5.91 Å². The van der Waals surface area contributed by atoms with Crippen LogP contribution in [0.4, 0.5) is 4.39 Å². The fraction of sp³-hybridized carbons (Fsp3) is 0.222. The molecule has 0 unspecified atom stereocenters. The molecular weight excluding hydrogens is 253 g/mol. The van der Waals surface area contributed by atoms with Crippen LogP contribution in [0.2, 0.25) is 0 Å². The second-order valence-corrected chi connectivity index (χ2v) is 3.59. The van der Waals surface area contributed by atoms with Gasteiger partial charge in [0.2, 0.25) is 0 Å². The van der Waals surface area contributed by atoms with Gasteiger partial charge in [-0.15, -0.1) is 0 Å². The maximum atomic E-state index is 12.7. The zero-order valence-electron chi connectivity index (χ0n) is 7.46. The van der Waals surface area contributed by atoms with Crippen LogP contribution in [0.25, 0.3) is 0 Å². The standard InChI is InChI=1S/C9H9BrFNO2/c1-5(9(12)13)14-8-3-2-6(11)4-7(8)10/h2-5H,1H3,(H2,12,13)/t5-/m1/s1. The summed E-state index contributed by atoms with van der Waals surface area (Å²) in [5, 5.41) is 0. The molecule has 76 valence electrons. The molecule has 1 aromatic carbocycles. The largest absolute Gasteiger partial charge is 0.480 e. The van der Waals surface area contributed by atoms with E-state index in [1.807, 2.05) is 0 Å². The Morgan fingerprint density at radius 1 is 1.64 bits per heavy atom. The van der Waals surface area contributed by atoms with Gasteiger partial charge in [0.15, 0.2) is 6.10 Å². The zero-order chi connectivity index (χ0) is 10.7. The van der Waals surface area contributed by atoms with Crippen LogP contribution in [0.15, 0.2) is 22.7 Å². The van der Waals surface area contributed by atoms with Crippen molar-refractivity contribution in [1.29, 1.82) is 0 Å². The summed E-state index contributed by atoms with van der Waals surface area (Å²) in [7, 11) is 0. The minimum atomic E-state index is -0.739. The lowest BCUT2D eigenvalue weighted by Gasteiger charge is -2.12. The average molecular weight is 262 g/mol. The van der Waals surface area contributed by atoms with Crippen molar-refractivity contribution in [2.24, 2.45) is 5.73 Å². The van der Waals surface area contributed by atoms with E-state index in [1.165, 1.54) is 25.1 Å². The van der Waals surface area contributed by atoms with E-state index in [0.29, 0.717) is 10.2 Å². The number of benzene rings is 1. The molecule has 1 amide bonds. The first-order valence-corrected chi connectivity index (χ1v) is 4.71. The SMILES string of the molecule is C[C@@H](Oc1ccc(F)cc1Br)C(N)=O. The van der Waals surface area contributed by atoms with Gasteiger partial charge in [0, 0.05) is 0 Å². The molecule has 0 fully saturated rings. The molecule has 0 aromatic heterocycles. The highest BCUT2D eigenvalue weighted by molar-refractivity contribution is 9.10. The first kappa shape index (κ1) is 11.0. The number of halogens is 2. The van der Waals surface area contributed by atoms with Crippen LogP contribution in [0, 0.1) is 5.82 Å². The van der Waals surface area contributed by atoms with Crippen molar-refractivity contribution in [3.63, 3.8) is 0 Å². The summed E-state index contributed by atoms with van der Waals surface area (Å²) in [6.07, 6.45) is -0.739. The lowest BCUT2D eigenvalue weighted by molar-refractivity contribution is -0.124. The number of primary amides is 1. The van der Waals surface area contributed by atoms with Crippen LogP contribution in [0.1, 0.15) is 6.92 Å². The fourth-order valence-electron chi connectivity index (χ4n) is 0.819. The Labute approximate surface area is 89.2 Å². The molecule has 5 heteroatoms. The minimum Gasteiger partial charge on any atom is -0.480 e. The van der Waals surface area contributed by atoms with Crippen molar-refractivity contribution >= 4 is 21.8 Å². The number of ether oxygens (including phenoxy) is 1. The van der Waals surface area contributed by atoms with E-state index in [1.54, 1.807) is 0 Å². The highest BCUT2D eigenvalue weighted by atomic mass is 79.9. The molecule has 0 saturated carbocycles. The molecule has 0 saturated heterocycles. The Morgan fingerprint density at radius 2 is 2.29 bits per heavy atom. The normalized spacial score (nSPS) is 12.2. The van der Waals surface area contributed by atoms with E-state index in [9.17, 15) is 9.18 Å². The second-order valence-electron chi connectivity index (χ2n) is 2.74. The van der Waals surface area contributed by atoms with Gasteiger partial charge in [-0.2, -0.15) is 0 Å². The van der Waals surface area contributed by atoms with E-state index in [4.69, 9.17) is 10.5 Å². The van der Waals surface area contributed by atoms with Crippen molar-refractivity contribution < 1.29 is 13.9 Å². The van der Waals surface area contributed by atoms with Crippen LogP contribution < -0.4 is 10.5 Å². The van der Waals surface area contributed by atoms with Crippen molar-refractivity contribution in [3.8, 4) is 5.75 Å². The van der Waals surface area contributed by atoms with Gasteiger partial charge < -0.3 is 10.5 Å². The highest BCUT2D eigenvalue weighted by Gasteiger charge is 2.12. The van der Waals surface area contributed by atoms with Gasteiger partial charge in [-0.1, -0.05) is 0 Å². The minimum absolute atomic E-state index is 0.379. The van der Waals surface area contributed by atoms with Crippen LogP contribution in [-0.4, -0.2) is 12.0 Å². The molecule has 0 bridgehead atoms. The Morgan fingerprint density at radius 3 is 2.79 bits per heavy atom. The Kier molecular flexibility index (Phi) is 3.46. The Hall–Kier alpha value is -1.10. The third-order valence-electron chi connectivity index (χ3n) is 1.60. The smallest absolute Gasteiger partial charge is 0.258 e. The highest BCUT2D eigenvalue weighted by Crippen LogP contribution is 2.26. The number of hydrogen-bond acceptors (Lipinski definition) is 2. The van der Waals surface area contributed by atoms with E-state index in [2.05, 4.69) is 15.9 Å². The van der Waals surface area contributed by atoms with Gasteiger partial charge in [0.1, 0.15) is 11.6 Å². The fourth-order valence-corrected chi connectivity index (χ4v) is 1.26. The molecule has 0 heterocycles. The lowest BCUT2D eigenvalue weighted by Crippen LogP contribution is -2.30. The zero-order valence-corrected chi connectivity index (χ0v) is 9.05. The van der Waals surface area contributed by atoms with Crippen LogP contribution in [0.5, 0.6) is 5.75 Å². The molecule has 0 radical (unpaired) electrons. The average Bonchev–Trinajstić information content (AvgIpc) is 2.09. The summed E-state index contributed by atoms with van der Waals surface area (Å²) in [6, 6.07) is 3.93. The Bertz CT molecular complexity index is 357. The summed E-state index contributed by atoms with van der Waals surface area (Å²) < 4.78 is 18.3. The molecule has 3 nitrogen and oxygen atoms in total. The van der Waals surface area contributed by atoms with E-state index >= 15 is 0 Å². The third kappa shape index (κ3) is 2.70. The number of nitrogens with two attached hydrogens (primary N) is 1. The van der Waals surface area contributed by atoms with Crippen molar-refractivity contribution in [1.82, 2.24) is 0 Å². The van der Waals surface area contributed by atoms with E-state index in [-0.39, 0.29) is 5.82 Å². The van der Waals surface area contributed by atoms with Crippen LogP contribution >= 0.6 is 15.9 Å². The van der Waals surface area contributed by atoms with Crippen LogP contribution in [0.3, 0.4) is 0 Å². The van der Waals surface area contributed by atoms with Crippen molar-refractivity contribution in [2.45, 2.75) is 13.0 Å². The van der Waals surface area contributed by atoms with E-state index < -0.39 is 12.0 Å². The molecule has 14 heavy (non-hydrogen) atoms. The quantitative estimate of drug-likeness (QED) is 0.903. The summed E-state index contributed by atoms with van der Waals surface area (Å²) in [5.41, 5.74) is 5.01. The van der Waals surface area contributed by atoms with E-state index in [0.717, 1.165) is 0 Å². The van der Waals surface area contributed by atoms with Gasteiger partial charge >= 0.3 is 0 Å². The van der Waals surface area contributed by atoms with Crippen molar-refractivity contribution in [2.75, 3.05) is 0 Å². The summed E-state index contributed by atoms with van der Waals surface area (Å²) >= 11 is 3.11. The van der Waals surface area contributed by atoms with Gasteiger partial charge in [-0.05, 0) is 41.1 Å². The molecule has 1 atom stereocenters. The first-order valence-electron chi connectivity index (χ1n) is 3.91. The predicted octanol–water partition coefficient (Wildman–Crippen LogP) is 1.84. The predicted molar refractivity (Wildman–Crippen MR) is 53.4 cm³/mol.